The molecule has 1 heterocycles. The second-order valence-corrected chi connectivity index (χ2v) is 16.1. The van der Waals surface area contributed by atoms with Crippen LogP contribution in [0.5, 0.6) is 0 Å². The van der Waals surface area contributed by atoms with Gasteiger partial charge in [-0.25, -0.2) is 0 Å². The molecular weight excluding hydrogens is 224 g/mol. The lowest BCUT2D eigenvalue weighted by Gasteiger charge is -2.36. The summed E-state index contributed by atoms with van der Waals surface area (Å²) in [5, 5.41) is 1.13. The zero-order valence-corrected chi connectivity index (χ0v) is 13.0. The quantitative estimate of drug-likeness (QED) is 0.546. The van der Waals surface area contributed by atoms with E-state index in [1.807, 2.05) is 0 Å². The topological polar surface area (TPSA) is 6.48 Å². The van der Waals surface area contributed by atoms with Crippen LogP contribution in [0.25, 0.3) is 0 Å². The second kappa shape index (κ2) is 3.61. The zero-order chi connectivity index (χ0) is 11.1. The Bertz CT molecular complexity index is 218. The summed E-state index contributed by atoms with van der Waals surface area (Å²) in [6.45, 7) is 16.5. The van der Waals surface area contributed by atoms with Gasteiger partial charge in [0.1, 0.15) is 16.5 Å². The Morgan fingerprint density at radius 2 is 1.14 bits per heavy atom. The van der Waals surface area contributed by atoms with Crippen molar-refractivity contribution >= 4 is 33.8 Å². The molecule has 5 heteroatoms. The van der Waals surface area contributed by atoms with Gasteiger partial charge in [-0.3, -0.25) is 0 Å². The lowest BCUT2D eigenvalue weighted by atomic mass is 10.7. The molecule has 0 N–H and O–H groups in total. The molecule has 0 aromatic carbocycles. The number of rotatable bonds is 2. The van der Waals surface area contributed by atoms with Crippen LogP contribution in [0.3, 0.4) is 0 Å². The minimum Gasteiger partial charge on any atom is -0.375 e. The molecule has 0 amide bonds. The Balaban J connectivity index is 2.80. The van der Waals surface area contributed by atoms with Crippen molar-refractivity contribution in [3.63, 3.8) is 0 Å². The average Bonchev–Trinajstić information content (AvgIpc) is 2.26. The maximum absolute atomic E-state index is 5.58. The van der Waals surface area contributed by atoms with Gasteiger partial charge in [0.2, 0.25) is 0 Å². The van der Waals surface area contributed by atoms with Crippen LogP contribution in [0.4, 0.5) is 0 Å². The first kappa shape index (κ1) is 12.2. The fraction of sp³-hybridized carbons (Fsp3) is 0.889. The molecule has 0 radical (unpaired) electrons. The van der Waals surface area contributed by atoms with Crippen LogP contribution in [-0.2, 0) is 0 Å². The van der Waals surface area contributed by atoms with E-state index < -0.39 is 16.5 Å². The first-order valence-electron chi connectivity index (χ1n) is 5.23. The third-order valence-electron chi connectivity index (χ3n) is 2.63. The van der Waals surface area contributed by atoms with E-state index in [1.54, 1.807) is 0 Å². The Hall–Kier alpha value is 0.124. The first-order valence-corrected chi connectivity index (χ1v) is 12.5. The lowest BCUT2D eigenvalue weighted by Crippen LogP contribution is -2.53. The third kappa shape index (κ3) is 2.38. The SMILES string of the molecule is C[Si](C)(C)N1CCN([Si](C)(C)C)C1=S. The highest BCUT2D eigenvalue weighted by Gasteiger charge is 2.38. The standard InChI is InChI=1S/C9H22N2SSi2/c1-13(2,3)10-7-8-11(9(10)12)14(4,5)6/h7-8H2,1-6H3. The predicted octanol–water partition coefficient (Wildman–Crippen LogP) is 2.56. The van der Waals surface area contributed by atoms with Gasteiger partial charge in [-0.05, 0) is 12.2 Å². The minimum absolute atomic E-state index is 1.13. The molecule has 0 atom stereocenters. The largest absolute Gasteiger partial charge is 0.375 e. The molecular formula is C9H22N2SSi2. The Labute approximate surface area is 95.5 Å². The molecule has 2 nitrogen and oxygen atoms in total. The normalized spacial score (nSPS) is 19.4. The summed E-state index contributed by atoms with van der Waals surface area (Å²) in [4.78, 5) is 0. The average molecular weight is 247 g/mol. The van der Waals surface area contributed by atoms with Crippen molar-refractivity contribution in [2.75, 3.05) is 13.1 Å². The van der Waals surface area contributed by atoms with Crippen LogP contribution in [0.15, 0.2) is 0 Å². The summed E-state index contributed by atoms with van der Waals surface area (Å²) in [7, 11) is -2.47. The molecule has 1 aliphatic heterocycles. The molecule has 0 unspecified atom stereocenters. The van der Waals surface area contributed by atoms with E-state index in [4.69, 9.17) is 12.2 Å². The van der Waals surface area contributed by atoms with Crippen molar-refractivity contribution in [3.05, 3.63) is 0 Å². The van der Waals surface area contributed by atoms with Crippen molar-refractivity contribution in [1.82, 2.24) is 9.13 Å². The molecule has 0 aromatic heterocycles. The monoisotopic (exact) mass is 246 g/mol. The van der Waals surface area contributed by atoms with Crippen LogP contribution in [0, 0.1) is 0 Å². The second-order valence-electron chi connectivity index (χ2n) is 5.93. The highest BCUT2D eigenvalue weighted by Crippen LogP contribution is 2.23. The van der Waals surface area contributed by atoms with Crippen LogP contribution in [0.2, 0.25) is 39.3 Å². The van der Waals surface area contributed by atoms with Gasteiger partial charge in [0, 0.05) is 13.1 Å². The van der Waals surface area contributed by atoms with Crippen LogP contribution >= 0.6 is 12.2 Å². The first-order chi connectivity index (χ1) is 6.14. The van der Waals surface area contributed by atoms with Crippen LogP contribution in [-0.4, -0.2) is 43.8 Å². The maximum Gasteiger partial charge on any atom is 0.155 e. The molecule has 1 fully saturated rings. The molecule has 14 heavy (non-hydrogen) atoms. The van der Waals surface area contributed by atoms with Crippen molar-refractivity contribution < 1.29 is 0 Å². The predicted molar refractivity (Wildman–Crippen MR) is 72.7 cm³/mol. The number of nitrogens with zero attached hydrogens (tertiary/aromatic N) is 2. The zero-order valence-electron chi connectivity index (χ0n) is 10.2. The molecule has 0 aromatic rings. The van der Waals surface area contributed by atoms with Gasteiger partial charge in [-0.1, -0.05) is 39.3 Å². The van der Waals surface area contributed by atoms with Gasteiger partial charge in [-0.15, -0.1) is 0 Å². The fourth-order valence-electron chi connectivity index (χ4n) is 1.78. The fourth-order valence-corrected chi connectivity index (χ4v) is 6.64. The van der Waals surface area contributed by atoms with E-state index in [0.717, 1.165) is 18.2 Å². The number of hydrogen-bond donors (Lipinski definition) is 0. The van der Waals surface area contributed by atoms with Gasteiger partial charge in [0.15, 0.2) is 5.11 Å². The lowest BCUT2D eigenvalue weighted by molar-refractivity contribution is 0.654. The van der Waals surface area contributed by atoms with Crippen molar-refractivity contribution in [3.8, 4) is 0 Å². The third-order valence-corrected chi connectivity index (χ3v) is 7.50. The molecule has 0 aliphatic carbocycles. The molecule has 1 aliphatic rings. The van der Waals surface area contributed by atoms with Crippen molar-refractivity contribution in [2.45, 2.75) is 39.3 Å². The van der Waals surface area contributed by atoms with Gasteiger partial charge >= 0.3 is 0 Å². The highest BCUT2D eigenvalue weighted by molar-refractivity contribution is 7.80. The molecule has 1 saturated heterocycles. The van der Waals surface area contributed by atoms with E-state index in [2.05, 4.69) is 48.4 Å². The molecule has 0 spiro atoms. The summed E-state index contributed by atoms with van der Waals surface area (Å²) in [6, 6.07) is 0. The number of thiocarbonyl (C=S) groups is 1. The van der Waals surface area contributed by atoms with E-state index >= 15 is 0 Å². The summed E-state index contributed by atoms with van der Waals surface area (Å²) >= 11 is 5.58. The number of hydrogen-bond acceptors (Lipinski definition) is 1. The van der Waals surface area contributed by atoms with Crippen LogP contribution < -0.4 is 0 Å². The Morgan fingerprint density at radius 3 is 1.29 bits per heavy atom. The Kier molecular flexibility index (Phi) is 3.14. The summed E-state index contributed by atoms with van der Waals surface area (Å²) in [6.07, 6.45) is 0. The summed E-state index contributed by atoms with van der Waals surface area (Å²) in [5.41, 5.74) is 0. The minimum atomic E-state index is -1.24. The molecule has 0 bridgehead atoms. The van der Waals surface area contributed by atoms with E-state index in [0.29, 0.717) is 0 Å². The van der Waals surface area contributed by atoms with E-state index in [1.165, 1.54) is 0 Å². The van der Waals surface area contributed by atoms with E-state index in [9.17, 15) is 0 Å². The van der Waals surface area contributed by atoms with Crippen LogP contribution in [0.1, 0.15) is 0 Å². The van der Waals surface area contributed by atoms with Gasteiger partial charge in [0.25, 0.3) is 0 Å². The van der Waals surface area contributed by atoms with Crippen molar-refractivity contribution in [1.29, 1.82) is 0 Å². The smallest absolute Gasteiger partial charge is 0.155 e. The van der Waals surface area contributed by atoms with Gasteiger partial charge in [0.05, 0.1) is 0 Å². The highest BCUT2D eigenvalue weighted by atomic mass is 32.1. The summed E-state index contributed by atoms with van der Waals surface area (Å²) in [5.74, 6) is 0. The Morgan fingerprint density at radius 1 is 0.857 bits per heavy atom. The maximum atomic E-state index is 5.58. The van der Waals surface area contributed by atoms with Gasteiger partial charge in [-0.2, -0.15) is 0 Å². The molecule has 0 saturated carbocycles. The molecule has 1 rings (SSSR count). The van der Waals surface area contributed by atoms with Crippen molar-refractivity contribution in [2.24, 2.45) is 0 Å². The molecule has 82 valence electrons. The van der Waals surface area contributed by atoms with Gasteiger partial charge < -0.3 is 9.13 Å². The van der Waals surface area contributed by atoms with E-state index in [-0.39, 0.29) is 0 Å². The summed E-state index contributed by atoms with van der Waals surface area (Å²) < 4.78 is 4.97.